The van der Waals surface area contributed by atoms with Crippen LogP contribution in [0.2, 0.25) is 0 Å². The van der Waals surface area contributed by atoms with E-state index < -0.39 is 0 Å². The van der Waals surface area contributed by atoms with Gasteiger partial charge < -0.3 is 10.6 Å². The largest absolute Gasteiger partial charge is 0.338 e. The van der Waals surface area contributed by atoms with Crippen LogP contribution in [0.25, 0.3) is 0 Å². The molecule has 3 nitrogen and oxygen atoms in total. The molecule has 1 rings (SSSR count). The Bertz CT molecular complexity index is 188. The van der Waals surface area contributed by atoms with Crippen LogP contribution < -0.4 is 10.6 Å². The fourth-order valence-corrected chi connectivity index (χ4v) is 2.07. The summed E-state index contributed by atoms with van der Waals surface area (Å²) in [6.45, 7) is 4.92. The lowest BCUT2D eigenvalue weighted by Crippen LogP contribution is -2.41. The van der Waals surface area contributed by atoms with Crippen molar-refractivity contribution < 1.29 is 4.79 Å². The molecule has 1 saturated carbocycles. The van der Waals surface area contributed by atoms with E-state index in [1.165, 1.54) is 25.7 Å². The van der Waals surface area contributed by atoms with E-state index in [2.05, 4.69) is 17.6 Å². The van der Waals surface area contributed by atoms with Crippen LogP contribution in [0.3, 0.4) is 0 Å². The molecule has 0 aromatic carbocycles. The molecule has 88 valence electrons. The van der Waals surface area contributed by atoms with Crippen molar-refractivity contribution in [3.8, 4) is 0 Å². The van der Waals surface area contributed by atoms with E-state index in [-0.39, 0.29) is 12.1 Å². The number of carbonyl (C=O) groups is 1. The lowest BCUT2D eigenvalue weighted by atomic mass is 10.0. The van der Waals surface area contributed by atoms with Crippen molar-refractivity contribution in [3.05, 3.63) is 0 Å². The van der Waals surface area contributed by atoms with E-state index in [1.807, 2.05) is 6.92 Å². The first-order chi connectivity index (χ1) is 7.22. The Morgan fingerprint density at radius 3 is 2.67 bits per heavy atom. The lowest BCUT2D eigenvalue weighted by molar-refractivity contribution is 0.236. The Kier molecular flexibility index (Phi) is 5.51. The van der Waals surface area contributed by atoms with Crippen molar-refractivity contribution in [2.24, 2.45) is 5.92 Å². The molecule has 0 aromatic heterocycles. The van der Waals surface area contributed by atoms with Crippen LogP contribution >= 0.6 is 0 Å². The number of amides is 2. The van der Waals surface area contributed by atoms with Crippen molar-refractivity contribution in [2.75, 3.05) is 6.54 Å². The predicted octanol–water partition coefficient (Wildman–Crippen LogP) is 2.66. The van der Waals surface area contributed by atoms with E-state index in [4.69, 9.17) is 0 Å². The van der Waals surface area contributed by atoms with Crippen LogP contribution in [-0.4, -0.2) is 18.6 Å². The Morgan fingerprint density at radius 2 is 2.07 bits per heavy atom. The number of carbonyl (C=O) groups excluding carboxylic acids is 1. The third kappa shape index (κ3) is 5.05. The van der Waals surface area contributed by atoms with E-state index in [0.29, 0.717) is 0 Å². The van der Waals surface area contributed by atoms with E-state index in [0.717, 1.165) is 25.3 Å². The summed E-state index contributed by atoms with van der Waals surface area (Å²) in [6, 6.07) is 0.263. The second-order valence-corrected chi connectivity index (χ2v) is 4.65. The molecule has 0 heterocycles. The second-order valence-electron chi connectivity index (χ2n) is 4.65. The minimum absolute atomic E-state index is 0.0117. The van der Waals surface area contributed by atoms with Gasteiger partial charge in [0.05, 0.1) is 0 Å². The van der Waals surface area contributed by atoms with Crippen molar-refractivity contribution in [1.29, 1.82) is 0 Å². The van der Waals surface area contributed by atoms with Crippen molar-refractivity contribution >= 4 is 6.03 Å². The van der Waals surface area contributed by atoms with Gasteiger partial charge in [0.25, 0.3) is 0 Å². The molecule has 0 radical (unpaired) electrons. The summed E-state index contributed by atoms with van der Waals surface area (Å²) < 4.78 is 0. The number of urea groups is 1. The van der Waals surface area contributed by atoms with Crippen LogP contribution in [0.5, 0.6) is 0 Å². The summed E-state index contributed by atoms with van der Waals surface area (Å²) in [5.74, 6) is 0.855. The van der Waals surface area contributed by atoms with Crippen LogP contribution in [0.1, 0.15) is 52.4 Å². The zero-order valence-electron chi connectivity index (χ0n) is 10.0. The van der Waals surface area contributed by atoms with Crippen LogP contribution in [0.15, 0.2) is 0 Å². The third-order valence-electron chi connectivity index (χ3n) is 3.30. The molecule has 1 aliphatic carbocycles. The highest BCUT2D eigenvalue weighted by molar-refractivity contribution is 5.74. The first kappa shape index (κ1) is 12.3. The number of rotatable bonds is 5. The average molecular weight is 212 g/mol. The number of hydrogen-bond acceptors (Lipinski definition) is 1. The van der Waals surface area contributed by atoms with Crippen molar-refractivity contribution in [3.63, 3.8) is 0 Å². The molecule has 1 fully saturated rings. The molecule has 1 unspecified atom stereocenters. The topological polar surface area (TPSA) is 41.1 Å². The Hall–Kier alpha value is -0.730. The molecular weight excluding hydrogens is 188 g/mol. The summed E-state index contributed by atoms with van der Waals surface area (Å²) in [4.78, 5) is 11.4. The molecule has 3 heteroatoms. The van der Waals surface area contributed by atoms with Gasteiger partial charge in [0.2, 0.25) is 0 Å². The number of nitrogens with one attached hydrogen (secondary N) is 2. The Balaban J connectivity index is 2.01. The molecule has 15 heavy (non-hydrogen) atoms. The van der Waals surface area contributed by atoms with Crippen LogP contribution in [-0.2, 0) is 0 Å². The zero-order chi connectivity index (χ0) is 11.1. The SMILES string of the molecule is CCC(C)NC(=O)NCCC1CCCC1. The van der Waals surface area contributed by atoms with E-state index in [1.54, 1.807) is 0 Å². The summed E-state index contributed by atoms with van der Waals surface area (Å²) in [5.41, 5.74) is 0. The van der Waals surface area contributed by atoms with Gasteiger partial charge in [-0.3, -0.25) is 0 Å². The maximum absolute atomic E-state index is 11.4. The highest BCUT2D eigenvalue weighted by atomic mass is 16.2. The lowest BCUT2D eigenvalue weighted by Gasteiger charge is -2.13. The molecule has 0 aromatic rings. The molecule has 2 amide bonds. The summed E-state index contributed by atoms with van der Waals surface area (Å²) in [6.07, 6.45) is 7.60. The second kappa shape index (κ2) is 6.70. The summed E-state index contributed by atoms with van der Waals surface area (Å²) >= 11 is 0. The first-order valence-corrected chi connectivity index (χ1v) is 6.26. The molecular formula is C12H24N2O. The molecule has 2 N–H and O–H groups in total. The first-order valence-electron chi connectivity index (χ1n) is 6.26. The highest BCUT2D eigenvalue weighted by Crippen LogP contribution is 2.26. The Labute approximate surface area is 93.0 Å². The molecule has 0 bridgehead atoms. The van der Waals surface area contributed by atoms with Gasteiger partial charge in [-0.1, -0.05) is 32.6 Å². The van der Waals surface area contributed by atoms with Gasteiger partial charge in [-0.25, -0.2) is 4.79 Å². The fourth-order valence-electron chi connectivity index (χ4n) is 2.07. The summed E-state index contributed by atoms with van der Waals surface area (Å²) in [7, 11) is 0. The van der Waals surface area contributed by atoms with E-state index >= 15 is 0 Å². The van der Waals surface area contributed by atoms with Gasteiger partial charge in [-0.2, -0.15) is 0 Å². The Morgan fingerprint density at radius 1 is 1.40 bits per heavy atom. The summed E-state index contributed by atoms with van der Waals surface area (Å²) in [5, 5.41) is 5.83. The van der Waals surface area contributed by atoms with Gasteiger partial charge in [0, 0.05) is 12.6 Å². The minimum Gasteiger partial charge on any atom is -0.338 e. The van der Waals surface area contributed by atoms with Gasteiger partial charge in [-0.15, -0.1) is 0 Å². The maximum atomic E-state index is 11.4. The molecule has 1 atom stereocenters. The minimum atomic E-state index is -0.0117. The number of hydrogen-bond donors (Lipinski definition) is 2. The van der Waals surface area contributed by atoms with Crippen LogP contribution in [0.4, 0.5) is 4.79 Å². The smallest absolute Gasteiger partial charge is 0.314 e. The molecule has 1 aliphatic rings. The standard InChI is InChI=1S/C12H24N2O/c1-3-10(2)14-12(15)13-9-8-11-6-4-5-7-11/h10-11H,3-9H2,1-2H3,(H2,13,14,15). The predicted molar refractivity (Wildman–Crippen MR) is 62.9 cm³/mol. The van der Waals surface area contributed by atoms with Crippen molar-refractivity contribution in [2.45, 2.75) is 58.4 Å². The van der Waals surface area contributed by atoms with Crippen LogP contribution in [0, 0.1) is 5.92 Å². The van der Waals surface area contributed by atoms with Gasteiger partial charge >= 0.3 is 6.03 Å². The molecule has 0 spiro atoms. The molecule has 0 saturated heterocycles. The van der Waals surface area contributed by atoms with E-state index in [9.17, 15) is 4.79 Å². The van der Waals surface area contributed by atoms with Gasteiger partial charge in [0.15, 0.2) is 0 Å². The normalized spacial score (nSPS) is 18.8. The van der Waals surface area contributed by atoms with Gasteiger partial charge in [-0.05, 0) is 25.7 Å². The quantitative estimate of drug-likeness (QED) is 0.722. The highest BCUT2D eigenvalue weighted by Gasteiger charge is 2.14. The van der Waals surface area contributed by atoms with Gasteiger partial charge in [0.1, 0.15) is 0 Å². The maximum Gasteiger partial charge on any atom is 0.314 e. The monoisotopic (exact) mass is 212 g/mol. The average Bonchev–Trinajstić information content (AvgIpc) is 2.70. The van der Waals surface area contributed by atoms with Crippen molar-refractivity contribution in [1.82, 2.24) is 10.6 Å². The molecule has 0 aliphatic heterocycles. The third-order valence-corrected chi connectivity index (χ3v) is 3.30. The fraction of sp³-hybridized carbons (Fsp3) is 0.917. The zero-order valence-corrected chi connectivity index (χ0v) is 10.0.